The average molecular weight is 367 g/mol. The second kappa shape index (κ2) is 7.31. The molecular weight excluding hydrogens is 347 g/mol. The predicted molar refractivity (Wildman–Crippen MR) is 96.5 cm³/mol. The molecule has 1 aliphatic rings. The van der Waals surface area contributed by atoms with Crippen molar-refractivity contribution < 1.29 is 9.13 Å². The third-order valence-electron chi connectivity index (χ3n) is 4.65. The molecule has 1 N–H and O–H groups in total. The van der Waals surface area contributed by atoms with Gasteiger partial charge in [0.05, 0.1) is 24.7 Å². The number of hydrogen-bond donors (Lipinski definition) is 1. The summed E-state index contributed by atoms with van der Waals surface area (Å²) in [5.41, 5.74) is 0.995. The third kappa shape index (κ3) is 3.56. The van der Waals surface area contributed by atoms with E-state index < -0.39 is 0 Å². The van der Waals surface area contributed by atoms with Gasteiger partial charge >= 0.3 is 0 Å². The largest absolute Gasteiger partial charge is 0.495 e. The Morgan fingerprint density at radius 3 is 2.80 bits per heavy atom. The Kier molecular flexibility index (Phi) is 5.13. The summed E-state index contributed by atoms with van der Waals surface area (Å²) in [4.78, 5) is 15.7. The lowest BCUT2D eigenvalue weighted by atomic mass is 10.0. The number of piperidine rings is 1. The Morgan fingerprint density at radius 1 is 1.40 bits per heavy atom. The van der Waals surface area contributed by atoms with Crippen molar-refractivity contribution in [2.24, 2.45) is 0 Å². The molecule has 2 heterocycles. The molecule has 1 aromatic carbocycles. The minimum absolute atomic E-state index is 0.161. The van der Waals surface area contributed by atoms with Crippen molar-refractivity contribution in [1.29, 1.82) is 0 Å². The number of nitrogens with zero attached hydrogens (tertiary/aromatic N) is 3. The van der Waals surface area contributed by atoms with Crippen LogP contribution in [0.3, 0.4) is 0 Å². The number of hydrogen-bond acceptors (Lipinski definition) is 5. The predicted octanol–water partition coefficient (Wildman–Crippen LogP) is 2.68. The number of anilines is 2. The van der Waals surface area contributed by atoms with Gasteiger partial charge in [-0.25, -0.2) is 9.49 Å². The zero-order valence-corrected chi connectivity index (χ0v) is 14.9. The van der Waals surface area contributed by atoms with Gasteiger partial charge in [0.1, 0.15) is 16.6 Å². The van der Waals surface area contributed by atoms with E-state index in [4.69, 9.17) is 16.3 Å². The monoisotopic (exact) mass is 366 g/mol. The van der Waals surface area contributed by atoms with Gasteiger partial charge in [-0.15, -0.1) is 0 Å². The first-order chi connectivity index (χ1) is 12.0. The highest BCUT2D eigenvalue weighted by Crippen LogP contribution is 2.33. The van der Waals surface area contributed by atoms with E-state index in [1.54, 1.807) is 19.4 Å². The average Bonchev–Trinajstić information content (AvgIpc) is 2.63. The smallest absolute Gasteiger partial charge is 0.285 e. The maximum atomic E-state index is 13.6. The van der Waals surface area contributed by atoms with Gasteiger partial charge in [-0.2, -0.15) is 5.10 Å². The molecule has 0 aliphatic carbocycles. The van der Waals surface area contributed by atoms with Crippen molar-refractivity contribution in [3.8, 4) is 5.75 Å². The summed E-state index contributed by atoms with van der Waals surface area (Å²) in [6.45, 7) is 1.47. The maximum Gasteiger partial charge on any atom is 0.285 e. The van der Waals surface area contributed by atoms with Crippen LogP contribution >= 0.6 is 11.6 Å². The number of H-pyrrole nitrogens is 1. The van der Waals surface area contributed by atoms with Crippen LogP contribution in [0.4, 0.5) is 15.8 Å². The number of benzene rings is 1. The van der Waals surface area contributed by atoms with E-state index in [-0.39, 0.29) is 22.4 Å². The fourth-order valence-corrected chi connectivity index (χ4v) is 3.43. The first-order valence-electron chi connectivity index (χ1n) is 8.05. The molecule has 1 aromatic heterocycles. The summed E-state index contributed by atoms with van der Waals surface area (Å²) in [6, 6.07) is 4.75. The van der Waals surface area contributed by atoms with Gasteiger partial charge < -0.3 is 14.5 Å². The zero-order valence-electron chi connectivity index (χ0n) is 14.1. The molecule has 0 spiro atoms. The highest BCUT2D eigenvalue weighted by molar-refractivity contribution is 6.33. The number of aromatic amines is 1. The molecule has 0 radical (unpaired) electrons. The van der Waals surface area contributed by atoms with Crippen LogP contribution in [-0.4, -0.2) is 43.5 Å². The Balaban J connectivity index is 1.73. The van der Waals surface area contributed by atoms with Gasteiger partial charge in [-0.1, -0.05) is 11.6 Å². The highest BCUT2D eigenvalue weighted by atomic mass is 35.5. The van der Waals surface area contributed by atoms with E-state index >= 15 is 0 Å². The third-order valence-corrected chi connectivity index (χ3v) is 5.02. The summed E-state index contributed by atoms with van der Waals surface area (Å²) in [7, 11) is 3.52. The molecule has 0 atom stereocenters. The SMILES string of the molecule is COc1ccc(F)cc1N(C)C1CCN(c2cn[nH]c(=O)c2Cl)CC1. The summed E-state index contributed by atoms with van der Waals surface area (Å²) < 4.78 is 19.0. The van der Waals surface area contributed by atoms with E-state index in [0.29, 0.717) is 11.4 Å². The number of halogens is 2. The van der Waals surface area contributed by atoms with Gasteiger partial charge in [0, 0.05) is 32.2 Å². The van der Waals surface area contributed by atoms with Crippen molar-refractivity contribution in [1.82, 2.24) is 10.2 Å². The maximum absolute atomic E-state index is 13.6. The molecule has 6 nitrogen and oxygen atoms in total. The second-order valence-electron chi connectivity index (χ2n) is 6.04. The van der Waals surface area contributed by atoms with Crippen LogP contribution in [0.5, 0.6) is 5.75 Å². The van der Waals surface area contributed by atoms with Gasteiger partial charge in [-0.3, -0.25) is 4.79 Å². The van der Waals surface area contributed by atoms with Crippen LogP contribution in [0.15, 0.2) is 29.2 Å². The molecule has 134 valence electrons. The van der Waals surface area contributed by atoms with Gasteiger partial charge in [0.25, 0.3) is 5.56 Å². The Labute approximate surface area is 150 Å². The Bertz CT molecular complexity index is 805. The molecule has 1 fully saturated rings. The molecule has 8 heteroatoms. The lowest BCUT2D eigenvalue weighted by Gasteiger charge is -2.39. The van der Waals surface area contributed by atoms with E-state index in [0.717, 1.165) is 31.6 Å². The van der Waals surface area contributed by atoms with Crippen molar-refractivity contribution in [3.63, 3.8) is 0 Å². The summed E-state index contributed by atoms with van der Waals surface area (Å²) in [6.07, 6.45) is 3.27. The van der Waals surface area contributed by atoms with Crippen molar-refractivity contribution in [2.75, 3.05) is 37.0 Å². The number of aromatic nitrogens is 2. The van der Waals surface area contributed by atoms with Gasteiger partial charge in [0.2, 0.25) is 0 Å². The fourth-order valence-electron chi connectivity index (χ4n) is 3.22. The normalized spacial score (nSPS) is 15.3. The van der Waals surface area contributed by atoms with Crippen LogP contribution in [0.25, 0.3) is 0 Å². The van der Waals surface area contributed by atoms with Crippen molar-refractivity contribution in [3.05, 3.63) is 45.6 Å². The Hall–Kier alpha value is -2.28. The van der Waals surface area contributed by atoms with Crippen LogP contribution in [0.2, 0.25) is 5.02 Å². The lowest BCUT2D eigenvalue weighted by Crippen LogP contribution is -2.44. The number of rotatable bonds is 4. The lowest BCUT2D eigenvalue weighted by molar-refractivity contribution is 0.408. The number of nitrogens with one attached hydrogen (secondary N) is 1. The molecule has 0 bridgehead atoms. The molecule has 2 aromatic rings. The fraction of sp³-hybridized carbons (Fsp3) is 0.412. The van der Waals surface area contributed by atoms with Crippen LogP contribution in [0, 0.1) is 5.82 Å². The topological polar surface area (TPSA) is 61.5 Å². The summed E-state index contributed by atoms with van der Waals surface area (Å²) in [5.74, 6) is 0.356. The van der Waals surface area contributed by atoms with E-state index in [9.17, 15) is 9.18 Å². The minimum atomic E-state index is -0.386. The molecule has 1 aliphatic heterocycles. The molecule has 1 saturated heterocycles. The van der Waals surface area contributed by atoms with Crippen LogP contribution in [-0.2, 0) is 0 Å². The molecule has 3 rings (SSSR count). The molecule has 0 unspecified atom stereocenters. The summed E-state index contributed by atoms with van der Waals surface area (Å²) >= 11 is 6.08. The second-order valence-corrected chi connectivity index (χ2v) is 6.42. The zero-order chi connectivity index (χ0) is 18.0. The Morgan fingerprint density at radius 2 is 2.12 bits per heavy atom. The highest BCUT2D eigenvalue weighted by Gasteiger charge is 2.26. The molecule has 0 saturated carbocycles. The number of ether oxygens (including phenoxy) is 1. The molecular formula is C17H20ClFN4O2. The first kappa shape index (κ1) is 17.5. The van der Waals surface area contributed by atoms with Gasteiger partial charge in [-0.05, 0) is 25.0 Å². The van der Waals surface area contributed by atoms with E-state index in [1.165, 1.54) is 12.1 Å². The minimum Gasteiger partial charge on any atom is -0.495 e. The molecule has 25 heavy (non-hydrogen) atoms. The van der Waals surface area contributed by atoms with Crippen molar-refractivity contribution in [2.45, 2.75) is 18.9 Å². The summed E-state index contributed by atoms with van der Waals surface area (Å²) in [5, 5.41) is 6.31. The number of methoxy groups -OCH3 is 1. The van der Waals surface area contributed by atoms with E-state index in [2.05, 4.69) is 20.0 Å². The quantitative estimate of drug-likeness (QED) is 0.901. The van der Waals surface area contributed by atoms with Crippen LogP contribution in [0.1, 0.15) is 12.8 Å². The standard InChI is InChI=1S/C17H20ClFN4O2/c1-22(13-9-11(19)3-4-15(13)25-2)12-5-7-23(8-6-12)14-10-20-21-17(24)16(14)18/h3-4,9-10,12H,5-8H2,1-2H3,(H,21,24). The molecule has 0 amide bonds. The van der Waals surface area contributed by atoms with E-state index in [1.807, 2.05) is 7.05 Å². The van der Waals surface area contributed by atoms with Crippen LogP contribution < -0.4 is 20.1 Å². The first-order valence-corrected chi connectivity index (χ1v) is 8.43. The van der Waals surface area contributed by atoms with Crippen molar-refractivity contribution >= 4 is 23.0 Å². The van der Waals surface area contributed by atoms with Gasteiger partial charge in [0.15, 0.2) is 0 Å².